The molecule has 0 radical (unpaired) electrons. The van der Waals surface area contributed by atoms with Gasteiger partial charge >= 0.3 is 5.97 Å². The number of rotatable bonds is 4. The Morgan fingerprint density at radius 1 is 1.30 bits per heavy atom. The Balaban J connectivity index is 1.89. The molecule has 114 valence electrons. The number of morpholine rings is 1. The Hall–Kier alpha value is -1.14. The largest absolute Gasteiger partial charge is 0.480 e. The highest BCUT2D eigenvalue weighted by atomic mass is 16.5. The molecule has 6 heteroatoms. The lowest BCUT2D eigenvalue weighted by Gasteiger charge is -2.36. The van der Waals surface area contributed by atoms with Crippen LogP contribution in [0.15, 0.2) is 0 Å². The Kier molecular flexibility index (Phi) is 5.37. The van der Waals surface area contributed by atoms with E-state index in [1.807, 2.05) is 11.9 Å². The molecule has 2 fully saturated rings. The number of carboxylic acid groups (broad SMARTS) is 1. The molecule has 1 saturated heterocycles. The second-order valence-corrected chi connectivity index (χ2v) is 5.70. The van der Waals surface area contributed by atoms with Crippen LogP contribution in [0.5, 0.6) is 0 Å². The molecule has 1 aliphatic heterocycles. The van der Waals surface area contributed by atoms with Gasteiger partial charge in [-0.2, -0.15) is 0 Å². The average Bonchev–Trinajstić information content (AvgIpc) is 2.47. The van der Waals surface area contributed by atoms with Crippen LogP contribution in [0.25, 0.3) is 0 Å². The van der Waals surface area contributed by atoms with E-state index >= 15 is 0 Å². The summed E-state index contributed by atoms with van der Waals surface area (Å²) in [6, 6.07) is -0.381. The van der Waals surface area contributed by atoms with Crippen molar-refractivity contribution in [2.75, 3.05) is 33.4 Å². The Labute approximate surface area is 119 Å². The van der Waals surface area contributed by atoms with Crippen molar-refractivity contribution in [2.24, 2.45) is 0 Å². The van der Waals surface area contributed by atoms with E-state index in [0.29, 0.717) is 19.2 Å². The lowest BCUT2D eigenvalue weighted by atomic mass is 9.94. The zero-order valence-electron chi connectivity index (χ0n) is 12.1. The van der Waals surface area contributed by atoms with Gasteiger partial charge in [0.2, 0.25) is 5.91 Å². The molecular weight excluding hydrogens is 260 g/mol. The fourth-order valence-electron chi connectivity index (χ4n) is 3.01. The molecule has 1 aliphatic carbocycles. The van der Waals surface area contributed by atoms with E-state index in [1.165, 1.54) is 19.3 Å². The van der Waals surface area contributed by atoms with Gasteiger partial charge in [0.1, 0.15) is 6.04 Å². The Bertz CT molecular complexity index is 355. The van der Waals surface area contributed by atoms with Gasteiger partial charge in [-0.25, -0.2) is 0 Å². The van der Waals surface area contributed by atoms with Crippen LogP contribution in [-0.4, -0.2) is 72.2 Å². The second-order valence-electron chi connectivity index (χ2n) is 5.70. The van der Waals surface area contributed by atoms with Gasteiger partial charge in [0.25, 0.3) is 0 Å². The van der Waals surface area contributed by atoms with Crippen molar-refractivity contribution in [2.45, 2.75) is 44.2 Å². The maximum Gasteiger partial charge on any atom is 0.323 e. The molecule has 2 aliphatic rings. The van der Waals surface area contributed by atoms with Gasteiger partial charge in [-0.3, -0.25) is 14.5 Å². The zero-order chi connectivity index (χ0) is 14.5. The lowest BCUT2D eigenvalue weighted by molar-refractivity contribution is -0.151. The number of aliphatic carboxylic acids is 1. The topological polar surface area (TPSA) is 70.1 Å². The first-order chi connectivity index (χ1) is 9.59. The first-order valence-corrected chi connectivity index (χ1v) is 7.40. The third-order valence-corrected chi connectivity index (χ3v) is 4.38. The summed E-state index contributed by atoms with van der Waals surface area (Å²) in [5.41, 5.74) is 0. The summed E-state index contributed by atoms with van der Waals surface area (Å²) in [6.45, 7) is 1.33. The van der Waals surface area contributed by atoms with Crippen LogP contribution in [-0.2, 0) is 14.3 Å². The summed E-state index contributed by atoms with van der Waals surface area (Å²) in [5, 5.41) is 9.16. The fraction of sp³-hybridized carbons (Fsp3) is 0.857. The van der Waals surface area contributed by atoms with E-state index in [4.69, 9.17) is 9.84 Å². The minimum absolute atomic E-state index is 0.0186. The molecule has 20 heavy (non-hydrogen) atoms. The van der Waals surface area contributed by atoms with Gasteiger partial charge in [-0.15, -0.1) is 0 Å². The molecule has 2 rings (SSSR count). The number of hydrogen-bond acceptors (Lipinski definition) is 4. The standard InChI is InChI=1S/C14H24N2O4/c1-15(11-5-3-2-4-6-11)13(17)9-16-7-8-20-10-12(16)14(18)19/h11-12H,2-10H2,1H3,(H,18,19). The Morgan fingerprint density at radius 3 is 2.65 bits per heavy atom. The summed E-state index contributed by atoms with van der Waals surface area (Å²) in [4.78, 5) is 27.0. The summed E-state index contributed by atoms with van der Waals surface area (Å²) < 4.78 is 5.18. The van der Waals surface area contributed by atoms with Gasteiger partial charge in [-0.05, 0) is 12.8 Å². The van der Waals surface area contributed by atoms with E-state index in [1.54, 1.807) is 4.90 Å². The molecule has 0 spiro atoms. The van der Waals surface area contributed by atoms with Crippen molar-refractivity contribution >= 4 is 11.9 Å². The maximum absolute atomic E-state index is 12.3. The smallest absolute Gasteiger partial charge is 0.323 e. The van der Waals surface area contributed by atoms with E-state index < -0.39 is 12.0 Å². The van der Waals surface area contributed by atoms with Crippen LogP contribution >= 0.6 is 0 Å². The van der Waals surface area contributed by atoms with Crippen LogP contribution in [0.3, 0.4) is 0 Å². The molecule has 1 heterocycles. The number of likely N-dealkylation sites (N-methyl/N-ethyl adjacent to an activating group) is 1. The average molecular weight is 284 g/mol. The van der Waals surface area contributed by atoms with Crippen LogP contribution in [0.2, 0.25) is 0 Å². The predicted octanol–water partition coefficient (Wildman–Crippen LogP) is 0.563. The van der Waals surface area contributed by atoms with Crippen LogP contribution < -0.4 is 0 Å². The number of hydrogen-bond donors (Lipinski definition) is 1. The number of ether oxygens (including phenoxy) is 1. The molecule has 1 saturated carbocycles. The molecule has 0 aromatic heterocycles. The highest BCUT2D eigenvalue weighted by molar-refractivity contribution is 5.80. The van der Waals surface area contributed by atoms with Crippen molar-refractivity contribution in [3.8, 4) is 0 Å². The minimum Gasteiger partial charge on any atom is -0.480 e. The summed E-state index contributed by atoms with van der Waals surface area (Å²) in [6.07, 6.45) is 5.74. The Morgan fingerprint density at radius 2 is 2.00 bits per heavy atom. The molecule has 0 aromatic carbocycles. The van der Waals surface area contributed by atoms with E-state index in [-0.39, 0.29) is 19.1 Å². The highest BCUT2D eigenvalue weighted by Crippen LogP contribution is 2.22. The first kappa shape index (κ1) is 15.3. The number of carbonyl (C=O) groups excluding carboxylic acids is 1. The van der Waals surface area contributed by atoms with Gasteiger partial charge in [-0.1, -0.05) is 19.3 Å². The molecule has 1 N–H and O–H groups in total. The van der Waals surface area contributed by atoms with Gasteiger partial charge in [0.05, 0.1) is 19.8 Å². The zero-order valence-corrected chi connectivity index (χ0v) is 12.1. The van der Waals surface area contributed by atoms with Crippen molar-refractivity contribution in [3.05, 3.63) is 0 Å². The molecule has 1 atom stereocenters. The van der Waals surface area contributed by atoms with Gasteiger partial charge < -0.3 is 14.7 Å². The second kappa shape index (κ2) is 7.04. The fourth-order valence-corrected chi connectivity index (χ4v) is 3.01. The van der Waals surface area contributed by atoms with E-state index in [2.05, 4.69) is 0 Å². The number of nitrogens with zero attached hydrogens (tertiary/aromatic N) is 2. The summed E-state index contributed by atoms with van der Waals surface area (Å²) in [7, 11) is 1.84. The van der Waals surface area contributed by atoms with Crippen molar-refractivity contribution in [1.29, 1.82) is 0 Å². The van der Waals surface area contributed by atoms with E-state index in [0.717, 1.165) is 12.8 Å². The maximum atomic E-state index is 12.3. The van der Waals surface area contributed by atoms with Crippen LogP contribution in [0.4, 0.5) is 0 Å². The predicted molar refractivity (Wildman–Crippen MR) is 73.5 cm³/mol. The van der Waals surface area contributed by atoms with Gasteiger partial charge in [0.15, 0.2) is 0 Å². The highest BCUT2D eigenvalue weighted by Gasteiger charge is 2.32. The number of amides is 1. The monoisotopic (exact) mass is 284 g/mol. The van der Waals surface area contributed by atoms with E-state index in [9.17, 15) is 9.59 Å². The molecule has 1 amide bonds. The normalized spacial score (nSPS) is 25.4. The molecular formula is C14H24N2O4. The molecule has 0 bridgehead atoms. The molecule has 0 aromatic rings. The molecule has 6 nitrogen and oxygen atoms in total. The number of carbonyl (C=O) groups is 2. The quantitative estimate of drug-likeness (QED) is 0.817. The third-order valence-electron chi connectivity index (χ3n) is 4.38. The first-order valence-electron chi connectivity index (χ1n) is 7.40. The van der Waals surface area contributed by atoms with Gasteiger partial charge in [0, 0.05) is 19.6 Å². The molecule has 1 unspecified atom stereocenters. The SMILES string of the molecule is CN(C(=O)CN1CCOCC1C(=O)O)C1CCCCC1. The third kappa shape index (κ3) is 3.70. The lowest BCUT2D eigenvalue weighted by Crippen LogP contribution is -2.54. The summed E-state index contributed by atoms with van der Waals surface area (Å²) in [5.74, 6) is -0.900. The van der Waals surface area contributed by atoms with Crippen molar-refractivity contribution in [3.63, 3.8) is 0 Å². The van der Waals surface area contributed by atoms with Crippen LogP contribution in [0.1, 0.15) is 32.1 Å². The minimum atomic E-state index is -0.919. The number of carboxylic acids is 1. The van der Waals surface area contributed by atoms with Crippen molar-refractivity contribution in [1.82, 2.24) is 9.80 Å². The van der Waals surface area contributed by atoms with Crippen LogP contribution in [0, 0.1) is 0 Å². The van der Waals surface area contributed by atoms with Crippen molar-refractivity contribution < 1.29 is 19.4 Å². The summed E-state index contributed by atoms with van der Waals surface area (Å²) >= 11 is 0.